The zero-order chi connectivity index (χ0) is 34.6. The highest BCUT2D eigenvalue weighted by atomic mass is 16.5. The predicted octanol–water partition coefficient (Wildman–Crippen LogP) is 3.83. The van der Waals surface area contributed by atoms with Gasteiger partial charge in [0, 0.05) is 26.2 Å². The molecule has 1 aliphatic rings. The second kappa shape index (κ2) is 20.6. The van der Waals surface area contributed by atoms with Crippen LogP contribution in [-0.4, -0.2) is 109 Å². The highest BCUT2D eigenvalue weighted by Gasteiger charge is 2.13. The third-order valence-electron chi connectivity index (χ3n) is 7.42. The fraction of sp³-hybridized carbons (Fsp3) is 0.471. The van der Waals surface area contributed by atoms with E-state index in [0.29, 0.717) is 115 Å². The summed E-state index contributed by atoms with van der Waals surface area (Å²) in [6.07, 6.45) is 0. The molecule has 2 aromatic heterocycles. The largest absolute Gasteiger partial charge is 0.377 e. The number of ether oxygens (including phenoxy) is 4. The monoisotopic (exact) mass is 688 g/mol. The fourth-order valence-electron chi connectivity index (χ4n) is 4.82. The summed E-state index contributed by atoms with van der Waals surface area (Å²) >= 11 is 0. The molecule has 2 atom stereocenters. The number of nitrogens with one attached hydrogen (secondary N) is 6. The first-order valence-electron chi connectivity index (χ1n) is 17.0. The highest BCUT2D eigenvalue weighted by Crippen LogP contribution is 2.19. The molecule has 50 heavy (non-hydrogen) atoms. The minimum atomic E-state index is 0.00177. The Morgan fingerprint density at radius 1 is 0.440 bits per heavy atom. The van der Waals surface area contributed by atoms with Crippen LogP contribution in [0.1, 0.15) is 37.1 Å². The molecule has 0 amide bonds. The first-order chi connectivity index (χ1) is 24.6. The number of hydrogen-bond acceptors (Lipinski definition) is 16. The Balaban J connectivity index is 1.14. The summed E-state index contributed by atoms with van der Waals surface area (Å²) in [6.45, 7) is 9.75. The molecule has 0 fully saturated rings. The molecule has 0 saturated carbocycles. The van der Waals surface area contributed by atoms with Gasteiger partial charge in [0.15, 0.2) is 0 Å². The second-order valence-corrected chi connectivity index (χ2v) is 11.3. The van der Waals surface area contributed by atoms with Crippen molar-refractivity contribution >= 4 is 35.7 Å². The molecule has 0 saturated heterocycles. The number of fused-ring (bicyclic) bond motifs is 4. The minimum absolute atomic E-state index is 0.00177. The molecule has 1 aliphatic heterocycles. The van der Waals surface area contributed by atoms with Crippen molar-refractivity contribution in [1.29, 1.82) is 0 Å². The Morgan fingerprint density at radius 3 is 1.04 bits per heavy atom. The Kier molecular flexibility index (Phi) is 15.0. The van der Waals surface area contributed by atoms with Crippen LogP contribution in [0.4, 0.5) is 35.7 Å². The smallest absolute Gasteiger partial charge is 0.229 e. The summed E-state index contributed by atoms with van der Waals surface area (Å²) in [5.74, 6) is 2.68. The summed E-state index contributed by atoms with van der Waals surface area (Å²) in [7, 11) is 0. The zero-order valence-electron chi connectivity index (χ0n) is 28.7. The maximum Gasteiger partial charge on any atom is 0.229 e. The van der Waals surface area contributed by atoms with Crippen LogP contribution in [-0.2, 0) is 18.9 Å². The van der Waals surface area contributed by atoms with Crippen LogP contribution in [0.25, 0.3) is 0 Å². The third kappa shape index (κ3) is 12.9. The van der Waals surface area contributed by atoms with E-state index in [1.54, 1.807) is 0 Å². The van der Waals surface area contributed by atoms with Crippen LogP contribution in [0.3, 0.4) is 0 Å². The van der Waals surface area contributed by atoms with Crippen molar-refractivity contribution in [1.82, 2.24) is 29.9 Å². The molecule has 0 spiro atoms. The van der Waals surface area contributed by atoms with Gasteiger partial charge < -0.3 is 50.8 Å². The first-order valence-corrected chi connectivity index (χ1v) is 17.0. The molecule has 16 heteroatoms. The highest BCUT2D eigenvalue weighted by molar-refractivity contribution is 5.45. The van der Waals surface area contributed by atoms with E-state index in [-0.39, 0.29) is 12.1 Å². The van der Waals surface area contributed by atoms with Gasteiger partial charge >= 0.3 is 0 Å². The number of benzene rings is 2. The molecule has 5 rings (SSSR count). The number of anilines is 6. The lowest BCUT2D eigenvalue weighted by atomic mass is 10.1. The summed E-state index contributed by atoms with van der Waals surface area (Å²) < 4.78 is 23.0. The first kappa shape index (κ1) is 36.4. The summed E-state index contributed by atoms with van der Waals surface area (Å²) in [6, 6.07) is 20.3. The molecular weight excluding hydrogens is 640 g/mol. The lowest BCUT2D eigenvalue weighted by molar-refractivity contribution is 0.0555. The topological polar surface area (TPSA) is 186 Å². The van der Waals surface area contributed by atoms with Crippen molar-refractivity contribution in [2.75, 3.05) is 111 Å². The number of rotatable bonds is 6. The van der Waals surface area contributed by atoms with Gasteiger partial charge in [0.25, 0.3) is 0 Å². The van der Waals surface area contributed by atoms with Crippen LogP contribution in [0.15, 0.2) is 60.7 Å². The number of aromatic nitrogens is 6. The molecule has 2 aromatic carbocycles. The van der Waals surface area contributed by atoms with Crippen molar-refractivity contribution in [3.05, 3.63) is 71.8 Å². The molecule has 16 nitrogen and oxygen atoms in total. The molecule has 268 valence electrons. The molecule has 0 unspecified atom stereocenters. The van der Waals surface area contributed by atoms with Crippen LogP contribution in [0.5, 0.6) is 0 Å². The SMILES string of the molecule is C[C@H](Nc1nc2nc(n1)NCCOCCOCCNc1nc(nc(N[C@@H](C)c3ccccc3)n1)NCCOCCOCCN2)c1ccccc1. The maximum absolute atomic E-state index is 5.76. The molecule has 6 N–H and O–H groups in total. The van der Waals surface area contributed by atoms with E-state index in [9.17, 15) is 0 Å². The average molecular weight is 689 g/mol. The van der Waals surface area contributed by atoms with E-state index >= 15 is 0 Å². The van der Waals surface area contributed by atoms with Gasteiger partial charge in [-0.05, 0) is 25.0 Å². The van der Waals surface area contributed by atoms with Gasteiger partial charge in [-0.25, -0.2) is 0 Å². The normalized spacial score (nSPS) is 17.0. The van der Waals surface area contributed by atoms with Gasteiger partial charge in [-0.15, -0.1) is 0 Å². The summed E-state index contributed by atoms with van der Waals surface area (Å²) in [5, 5.41) is 19.7. The van der Waals surface area contributed by atoms with Crippen LogP contribution in [0, 0.1) is 0 Å². The molecule has 3 heterocycles. The predicted molar refractivity (Wildman–Crippen MR) is 194 cm³/mol. The van der Waals surface area contributed by atoms with E-state index < -0.39 is 0 Å². The van der Waals surface area contributed by atoms with Gasteiger partial charge in [-0.2, -0.15) is 29.9 Å². The summed E-state index contributed by atoms with van der Waals surface area (Å²) in [5.41, 5.74) is 2.25. The van der Waals surface area contributed by atoms with Gasteiger partial charge in [0.1, 0.15) is 0 Å². The molecule has 4 aromatic rings. The van der Waals surface area contributed by atoms with E-state index in [1.165, 1.54) is 0 Å². The maximum atomic E-state index is 5.76. The van der Waals surface area contributed by atoms with Crippen molar-refractivity contribution in [3.8, 4) is 0 Å². The van der Waals surface area contributed by atoms with E-state index in [0.717, 1.165) is 11.1 Å². The molecular formula is C34H48N12O4. The van der Waals surface area contributed by atoms with Gasteiger partial charge in [-0.3, -0.25) is 0 Å². The lowest BCUT2D eigenvalue weighted by Gasteiger charge is -2.16. The minimum Gasteiger partial charge on any atom is -0.377 e. The van der Waals surface area contributed by atoms with Crippen molar-refractivity contribution in [2.24, 2.45) is 0 Å². The van der Waals surface area contributed by atoms with Gasteiger partial charge in [0.2, 0.25) is 35.7 Å². The second-order valence-electron chi connectivity index (χ2n) is 11.3. The Morgan fingerprint density at radius 2 is 0.740 bits per heavy atom. The van der Waals surface area contributed by atoms with Crippen LogP contribution >= 0.6 is 0 Å². The van der Waals surface area contributed by atoms with Crippen molar-refractivity contribution < 1.29 is 18.9 Å². The Bertz CT molecular complexity index is 1360. The lowest BCUT2D eigenvalue weighted by Crippen LogP contribution is -2.20. The van der Waals surface area contributed by atoms with Crippen LogP contribution in [0.2, 0.25) is 0 Å². The van der Waals surface area contributed by atoms with E-state index in [2.05, 4.69) is 99.9 Å². The van der Waals surface area contributed by atoms with Crippen LogP contribution < -0.4 is 31.9 Å². The average Bonchev–Trinajstić information content (AvgIpc) is 3.13. The fourth-order valence-corrected chi connectivity index (χ4v) is 4.82. The zero-order valence-corrected chi connectivity index (χ0v) is 28.7. The standard InChI is InChI=1S/C34H48N12O4/c1-25(27-9-5-3-6-10-27)39-33-43-29-35-13-17-47-21-23-49-19-15-37-31-42-32(46-34(45-31)40-26(2)28-11-7-4-8-12-28)38-16-20-50-24-22-48-18-14-36-30(41-29)44-33/h3-12,25-26H,13-24H2,1-2H3,(H3,35,36,39,41,43,44)(H3,37,38,40,42,45,46)/t25-,26-/m0/s1. The van der Waals surface area contributed by atoms with Crippen molar-refractivity contribution in [3.63, 3.8) is 0 Å². The van der Waals surface area contributed by atoms with E-state index in [1.807, 2.05) is 36.4 Å². The Hall–Kier alpha value is -4.90. The molecule has 0 radical (unpaired) electrons. The van der Waals surface area contributed by atoms with Gasteiger partial charge in [0.05, 0.1) is 64.9 Å². The van der Waals surface area contributed by atoms with E-state index in [4.69, 9.17) is 18.9 Å². The number of hydrogen-bond donors (Lipinski definition) is 6. The van der Waals surface area contributed by atoms with Gasteiger partial charge in [-0.1, -0.05) is 60.7 Å². The molecule has 4 bridgehead atoms. The molecule has 0 aliphatic carbocycles. The Labute approximate surface area is 293 Å². The summed E-state index contributed by atoms with van der Waals surface area (Å²) in [4.78, 5) is 27.3. The van der Waals surface area contributed by atoms with Crippen molar-refractivity contribution in [2.45, 2.75) is 25.9 Å². The number of nitrogens with zero attached hydrogens (tertiary/aromatic N) is 6. The quantitative estimate of drug-likeness (QED) is 0.171. The third-order valence-corrected chi connectivity index (χ3v) is 7.42.